The Labute approximate surface area is 135 Å². The first-order chi connectivity index (χ1) is 11.0. The van der Waals surface area contributed by atoms with E-state index in [4.69, 9.17) is 9.47 Å². The van der Waals surface area contributed by atoms with Gasteiger partial charge in [0.05, 0.1) is 6.61 Å². The molecule has 0 saturated carbocycles. The van der Waals surface area contributed by atoms with Crippen molar-refractivity contribution in [3.63, 3.8) is 0 Å². The number of carboxylic acids is 1. The molecule has 1 aromatic rings. The van der Waals surface area contributed by atoms with Crippen LogP contribution in [0.3, 0.4) is 0 Å². The minimum Gasteiger partial charge on any atom is -0.484 e. The first-order valence-corrected chi connectivity index (χ1v) is 7.77. The number of amides is 1. The van der Waals surface area contributed by atoms with Crippen molar-refractivity contribution in [2.24, 2.45) is 5.92 Å². The van der Waals surface area contributed by atoms with Crippen LogP contribution in [0.1, 0.15) is 24.0 Å². The fraction of sp³-hybridized carbons (Fsp3) is 0.529. The van der Waals surface area contributed by atoms with Gasteiger partial charge in [0.1, 0.15) is 11.8 Å². The van der Waals surface area contributed by atoms with E-state index in [1.165, 1.54) is 0 Å². The van der Waals surface area contributed by atoms with Crippen LogP contribution >= 0.6 is 0 Å². The van der Waals surface area contributed by atoms with Crippen molar-refractivity contribution in [3.05, 3.63) is 29.3 Å². The smallest absolute Gasteiger partial charge is 0.326 e. The second-order valence-corrected chi connectivity index (χ2v) is 5.90. The Balaban J connectivity index is 1.88. The number of rotatable bonds is 6. The fourth-order valence-corrected chi connectivity index (χ4v) is 2.58. The molecule has 6 nitrogen and oxygen atoms in total. The number of ether oxygens (including phenoxy) is 2. The fourth-order valence-electron chi connectivity index (χ4n) is 2.58. The molecule has 1 aliphatic heterocycles. The number of benzene rings is 1. The Morgan fingerprint density at radius 2 is 2.17 bits per heavy atom. The number of carboxylic acid groups (broad SMARTS) is 1. The summed E-state index contributed by atoms with van der Waals surface area (Å²) in [5.41, 5.74) is 2.22. The van der Waals surface area contributed by atoms with Gasteiger partial charge in [0.25, 0.3) is 5.91 Å². The van der Waals surface area contributed by atoms with Gasteiger partial charge in [0.15, 0.2) is 6.61 Å². The average molecular weight is 321 g/mol. The third-order valence-electron chi connectivity index (χ3n) is 4.10. The molecule has 0 aliphatic carbocycles. The van der Waals surface area contributed by atoms with Gasteiger partial charge in [-0.3, -0.25) is 4.79 Å². The van der Waals surface area contributed by atoms with E-state index in [1.807, 2.05) is 26.0 Å². The maximum atomic E-state index is 12.0. The molecule has 0 spiro atoms. The van der Waals surface area contributed by atoms with Gasteiger partial charge >= 0.3 is 5.97 Å². The van der Waals surface area contributed by atoms with Crippen LogP contribution in [0.4, 0.5) is 0 Å². The van der Waals surface area contributed by atoms with Crippen molar-refractivity contribution in [2.45, 2.75) is 32.7 Å². The Bertz CT molecular complexity index is 566. The van der Waals surface area contributed by atoms with Crippen molar-refractivity contribution >= 4 is 11.9 Å². The van der Waals surface area contributed by atoms with Crippen LogP contribution in [0, 0.1) is 19.8 Å². The molecule has 1 fully saturated rings. The quantitative estimate of drug-likeness (QED) is 0.833. The van der Waals surface area contributed by atoms with Gasteiger partial charge in [-0.05, 0) is 49.9 Å². The predicted octanol–water partition coefficient (Wildman–Crippen LogP) is 1.68. The number of hydrogen-bond donors (Lipinski definition) is 2. The van der Waals surface area contributed by atoms with Gasteiger partial charge in [0, 0.05) is 12.5 Å². The first kappa shape index (κ1) is 17.3. The number of carbonyl (C=O) groups is 2. The molecule has 0 radical (unpaired) electrons. The van der Waals surface area contributed by atoms with Gasteiger partial charge in [-0.25, -0.2) is 4.79 Å². The summed E-state index contributed by atoms with van der Waals surface area (Å²) >= 11 is 0. The summed E-state index contributed by atoms with van der Waals surface area (Å²) in [5, 5.41) is 11.9. The lowest BCUT2D eigenvalue weighted by Crippen LogP contribution is -2.49. The highest BCUT2D eigenvalue weighted by Gasteiger charge is 2.31. The predicted molar refractivity (Wildman–Crippen MR) is 84.5 cm³/mol. The number of aliphatic carboxylic acids is 1. The third-order valence-corrected chi connectivity index (χ3v) is 4.10. The molecule has 0 bridgehead atoms. The van der Waals surface area contributed by atoms with Crippen molar-refractivity contribution in [3.8, 4) is 5.75 Å². The van der Waals surface area contributed by atoms with E-state index in [0.29, 0.717) is 19.0 Å². The van der Waals surface area contributed by atoms with E-state index in [9.17, 15) is 14.7 Å². The van der Waals surface area contributed by atoms with Gasteiger partial charge in [-0.1, -0.05) is 6.07 Å². The molecular weight excluding hydrogens is 298 g/mol. The first-order valence-electron chi connectivity index (χ1n) is 7.77. The van der Waals surface area contributed by atoms with Crippen molar-refractivity contribution in [1.82, 2.24) is 5.32 Å². The summed E-state index contributed by atoms with van der Waals surface area (Å²) < 4.78 is 10.7. The monoisotopic (exact) mass is 321 g/mol. The van der Waals surface area contributed by atoms with Crippen LogP contribution in [-0.2, 0) is 14.3 Å². The lowest BCUT2D eigenvalue weighted by Gasteiger charge is -2.28. The van der Waals surface area contributed by atoms with E-state index < -0.39 is 17.9 Å². The zero-order valence-electron chi connectivity index (χ0n) is 13.5. The van der Waals surface area contributed by atoms with Crippen LogP contribution in [0.5, 0.6) is 5.75 Å². The van der Waals surface area contributed by atoms with E-state index in [-0.39, 0.29) is 12.5 Å². The molecule has 2 unspecified atom stereocenters. The van der Waals surface area contributed by atoms with Crippen LogP contribution in [0.2, 0.25) is 0 Å². The minimum absolute atomic E-state index is 0.202. The van der Waals surface area contributed by atoms with E-state index in [1.54, 1.807) is 6.07 Å². The molecule has 1 amide bonds. The van der Waals surface area contributed by atoms with Gasteiger partial charge in [0.2, 0.25) is 0 Å². The molecule has 1 saturated heterocycles. The lowest BCUT2D eigenvalue weighted by atomic mass is 9.93. The molecular formula is C17H23NO5. The zero-order chi connectivity index (χ0) is 16.8. The summed E-state index contributed by atoms with van der Waals surface area (Å²) in [7, 11) is 0. The molecule has 2 N–H and O–H groups in total. The Kier molecular flexibility index (Phi) is 5.98. The number of carbonyl (C=O) groups excluding carboxylic acids is 1. The van der Waals surface area contributed by atoms with Crippen molar-refractivity contribution < 1.29 is 24.2 Å². The van der Waals surface area contributed by atoms with Crippen molar-refractivity contribution in [1.29, 1.82) is 0 Å². The van der Waals surface area contributed by atoms with Crippen molar-refractivity contribution in [2.75, 3.05) is 19.8 Å². The molecule has 1 aromatic carbocycles. The van der Waals surface area contributed by atoms with Crippen LogP contribution < -0.4 is 10.1 Å². The minimum atomic E-state index is -1.04. The standard InChI is InChI=1S/C17H23NO5/c1-11-5-6-14(8-12(11)2)23-10-15(19)18-16(17(20)21)13-4-3-7-22-9-13/h5-6,8,13,16H,3-4,7,9-10H2,1-2H3,(H,18,19)(H,20,21). The SMILES string of the molecule is Cc1ccc(OCC(=O)NC(C(=O)O)C2CCCOC2)cc1C. The zero-order valence-corrected chi connectivity index (χ0v) is 13.5. The largest absolute Gasteiger partial charge is 0.484 e. The highest BCUT2D eigenvalue weighted by molar-refractivity contribution is 5.84. The van der Waals surface area contributed by atoms with Crippen LogP contribution in [-0.4, -0.2) is 42.8 Å². The topological polar surface area (TPSA) is 84.9 Å². The highest BCUT2D eigenvalue weighted by atomic mass is 16.5. The average Bonchev–Trinajstić information content (AvgIpc) is 2.54. The van der Waals surface area contributed by atoms with Gasteiger partial charge in [-0.2, -0.15) is 0 Å². The summed E-state index contributed by atoms with van der Waals surface area (Å²) in [6, 6.07) is 4.62. The second-order valence-electron chi connectivity index (χ2n) is 5.90. The summed E-state index contributed by atoms with van der Waals surface area (Å²) in [4.78, 5) is 23.4. The molecule has 1 aliphatic rings. The Hall–Kier alpha value is -2.08. The summed E-state index contributed by atoms with van der Waals surface area (Å²) in [6.45, 7) is 4.75. The number of nitrogens with one attached hydrogen (secondary N) is 1. The van der Waals surface area contributed by atoms with Crippen LogP contribution in [0.25, 0.3) is 0 Å². The maximum absolute atomic E-state index is 12.0. The molecule has 1 heterocycles. The Morgan fingerprint density at radius 1 is 1.39 bits per heavy atom. The normalized spacial score (nSPS) is 19.0. The maximum Gasteiger partial charge on any atom is 0.326 e. The third kappa shape index (κ3) is 4.96. The Morgan fingerprint density at radius 3 is 2.78 bits per heavy atom. The second kappa shape index (κ2) is 7.97. The van der Waals surface area contributed by atoms with E-state index in [0.717, 1.165) is 24.0 Å². The highest BCUT2D eigenvalue weighted by Crippen LogP contribution is 2.18. The molecule has 2 rings (SSSR count). The number of aryl methyl sites for hydroxylation is 2. The molecule has 23 heavy (non-hydrogen) atoms. The lowest BCUT2D eigenvalue weighted by molar-refractivity contribution is -0.145. The van der Waals surface area contributed by atoms with Crippen LogP contribution in [0.15, 0.2) is 18.2 Å². The molecule has 0 aromatic heterocycles. The molecule has 6 heteroatoms. The van der Waals surface area contributed by atoms with Gasteiger partial charge in [-0.15, -0.1) is 0 Å². The van der Waals surface area contributed by atoms with E-state index in [2.05, 4.69) is 5.32 Å². The van der Waals surface area contributed by atoms with E-state index >= 15 is 0 Å². The summed E-state index contributed by atoms with van der Waals surface area (Å²) in [5.74, 6) is -1.09. The molecule has 126 valence electrons. The molecule has 2 atom stereocenters. The number of hydrogen-bond acceptors (Lipinski definition) is 4. The summed E-state index contributed by atoms with van der Waals surface area (Å²) in [6.07, 6.45) is 1.54. The van der Waals surface area contributed by atoms with Gasteiger partial charge < -0.3 is 19.9 Å².